The zero-order valence-corrected chi connectivity index (χ0v) is 12.7. The van der Waals surface area contributed by atoms with Crippen LogP contribution in [0, 0.1) is 5.92 Å². The lowest BCUT2D eigenvalue weighted by atomic mass is 10.0. The fourth-order valence-electron chi connectivity index (χ4n) is 2.58. The van der Waals surface area contributed by atoms with Gasteiger partial charge in [-0.3, -0.25) is 4.79 Å². The largest absolute Gasteiger partial charge is 0.396 e. The van der Waals surface area contributed by atoms with Crippen LogP contribution in [0.4, 0.5) is 0 Å². The molecule has 21 heavy (non-hydrogen) atoms. The molecule has 1 atom stereocenters. The highest BCUT2D eigenvalue weighted by molar-refractivity contribution is 5.92. The summed E-state index contributed by atoms with van der Waals surface area (Å²) < 4.78 is 1.80. The maximum absolute atomic E-state index is 12.2. The molecule has 1 saturated heterocycles. The molecule has 7 nitrogen and oxygen atoms in total. The number of amides is 1. The molecule has 3 N–H and O–H groups in total. The number of piperidine rings is 1. The first kappa shape index (κ1) is 15.9. The molecule has 0 saturated carbocycles. The van der Waals surface area contributed by atoms with E-state index in [1.54, 1.807) is 10.9 Å². The predicted molar refractivity (Wildman–Crippen MR) is 79.0 cm³/mol. The lowest BCUT2D eigenvalue weighted by Crippen LogP contribution is -2.39. The Morgan fingerprint density at radius 2 is 2.24 bits per heavy atom. The van der Waals surface area contributed by atoms with Crippen LogP contribution in [0.15, 0.2) is 6.20 Å². The average Bonchev–Trinajstić information content (AvgIpc) is 2.97. The van der Waals surface area contributed by atoms with Gasteiger partial charge in [0.1, 0.15) is 0 Å². The molecule has 1 amide bonds. The molecule has 1 aliphatic heterocycles. The predicted octanol–water partition coefficient (Wildman–Crippen LogP) is 0.339. The van der Waals surface area contributed by atoms with E-state index in [0.717, 1.165) is 25.9 Å². The summed E-state index contributed by atoms with van der Waals surface area (Å²) in [7, 11) is 0. The first-order valence-electron chi connectivity index (χ1n) is 7.66. The molecular formula is C14H25N5O2. The average molecular weight is 295 g/mol. The summed E-state index contributed by atoms with van der Waals surface area (Å²) in [6.07, 6.45) is 4.28. The molecule has 1 fully saturated rings. The molecular weight excluding hydrogens is 270 g/mol. The quantitative estimate of drug-likeness (QED) is 0.704. The van der Waals surface area contributed by atoms with Gasteiger partial charge in [-0.05, 0) is 38.3 Å². The van der Waals surface area contributed by atoms with Gasteiger partial charge >= 0.3 is 0 Å². The summed E-state index contributed by atoms with van der Waals surface area (Å²) in [5.41, 5.74) is 0.345. The minimum Gasteiger partial charge on any atom is -0.396 e. The summed E-state index contributed by atoms with van der Waals surface area (Å²) in [6, 6.07) is 0.269. The fraction of sp³-hybridized carbons (Fsp3) is 0.786. The van der Waals surface area contributed by atoms with Crippen molar-refractivity contribution in [1.82, 2.24) is 25.6 Å². The number of rotatable bonds is 6. The Morgan fingerprint density at radius 3 is 2.86 bits per heavy atom. The van der Waals surface area contributed by atoms with Gasteiger partial charge < -0.3 is 15.7 Å². The Morgan fingerprint density at radius 1 is 1.52 bits per heavy atom. The van der Waals surface area contributed by atoms with Crippen molar-refractivity contribution in [2.45, 2.75) is 45.2 Å². The number of nitrogens with one attached hydrogen (secondary N) is 2. The van der Waals surface area contributed by atoms with Crippen LogP contribution in [0.25, 0.3) is 0 Å². The summed E-state index contributed by atoms with van der Waals surface area (Å²) in [5.74, 6) is 0.0444. The van der Waals surface area contributed by atoms with Crippen LogP contribution in [0.2, 0.25) is 0 Å². The third-order valence-corrected chi connectivity index (χ3v) is 3.99. The number of hydrogen-bond acceptors (Lipinski definition) is 5. The Hall–Kier alpha value is -1.47. The molecule has 0 spiro atoms. The van der Waals surface area contributed by atoms with Crippen molar-refractivity contribution >= 4 is 5.91 Å². The first-order chi connectivity index (χ1) is 10.1. The van der Waals surface area contributed by atoms with Crippen molar-refractivity contribution in [3.05, 3.63) is 11.9 Å². The van der Waals surface area contributed by atoms with Crippen LogP contribution >= 0.6 is 0 Å². The zero-order chi connectivity index (χ0) is 15.2. The minimum atomic E-state index is -0.220. The second-order valence-corrected chi connectivity index (χ2v) is 5.90. The van der Waals surface area contributed by atoms with E-state index in [0.29, 0.717) is 18.2 Å². The van der Waals surface area contributed by atoms with E-state index in [2.05, 4.69) is 20.9 Å². The molecule has 1 aromatic heterocycles. The Labute approximate surface area is 125 Å². The number of carbonyl (C=O) groups excluding carboxylic acids is 1. The van der Waals surface area contributed by atoms with E-state index in [1.807, 2.05) is 13.8 Å². The molecule has 1 aliphatic rings. The maximum Gasteiger partial charge on any atom is 0.273 e. The van der Waals surface area contributed by atoms with E-state index in [-0.39, 0.29) is 24.5 Å². The fourth-order valence-corrected chi connectivity index (χ4v) is 2.58. The molecule has 2 rings (SSSR count). The summed E-state index contributed by atoms with van der Waals surface area (Å²) in [5, 5.41) is 23.3. The highest BCUT2D eigenvalue weighted by atomic mass is 16.3. The van der Waals surface area contributed by atoms with Crippen LogP contribution in [-0.4, -0.2) is 51.7 Å². The van der Waals surface area contributed by atoms with Crippen molar-refractivity contribution in [3.8, 4) is 0 Å². The molecule has 2 heterocycles. The number of aliphatic hydroxyl groups is 1. The lowest BCUT2D eigenvalue weighted by Gasteiger charge is -2.22. The topological polar surface area (TPSA) is 92.1 Å². The van der Waals surface area contributed by atoms with Gasteiger partial charge in [0.05, 0.1) is 12.2 Å². The van der Waals surface area contributed by atoms with E-state index in [9.17, 15) is 4.79 Å². The highest BCUT2D eigenvalue weighted by Crippen LogP contribution is 2.17. The highest BCUT2D eigenvalue weighted by Gasteiger charge is 2.21. The van der Waals surface area contributed by atoms with Gasteiger partial charge in [0, 0.05) is 12.6 Å². The number of nitrogens with zero attached hydrogens (tertiary/aromatic N) is 3. The molecule has 0 radical (unpaired) electrons. The van der Waals surface area contributed by atoms with Gasteiger partial charge in [0.25, 0.3) is 5.91 Å². The monoisotopic (exact) mass is 295 g/mol. The van der Waals surface area contributed by atoms with Gasteiger partial charge in [-0.1, -0.05) is 19.1 Å². The zero-order valence-electron chi connectivity index (χ0n) is 12.7. The van der Waals surface area contributed by atoms with E-state index in [4.69, 9.17) is 5.11 Å². The Bertz CT molecular complexity index is 454. The third kappa shape index (κ3) is 4.25. The van der Waals surface area contributed by atoms with Crippen molar-refractivity contribution in [2.24, 2.45) is 5.92 Å². The second-order valence-electron chi connectivity index (χ2n) is 5.90. The smallest absolute Gasteiger partial charge is 0.273 e. The van der Waals surface area contributed by atoms with Crippen molar-refractivity contribution < 1.29 is 9.90 Å². The first-order valence-corrected chi connectivity index (χ1v) is 7.66. The normalized spacial score (nSPS) is 17.9. The van der Waals surface area contributed by atoms with Crippen LogP contribution in [-0.2, 0) is 0 Å². The van der Waals surface area contributed by atoms with Crippen molar-refractivity contribution in [1.29, 1.82) is 0 Å². The van der Waals surface area contributed by atoms with E-state index in [1.165, 1.54) is 0 Å². The Kier molecular flexibility index (Phi) is 5.69. The van der Waals surface area contributed by atoms with Crippen LogP contribution in [0.5, 0.6) is 0 Å². The van der Waals surface area contributed by atoms with Crippen LogP contribution in [0.3, 0.4) is 0 Å². The van der Waals surface area contributed by atoms with Crippen LogP contribution < -0.4 is 10.6 Å². The molecule has 0 aromatic carbocycles. The van der Waals surface area contributed by atoms with Crippen molar-refractivity contribution in [2.75, 3.05) is 19.7 Å². The molecule has 118 valence electrons. The van der Waals surface area contributed by atoms with Gasteiger partial charge in [-0.2, -0.15) is 0 Å². The molecule has 7 heteroatoms. The van der Waals surface area contributed by atoms with Crippen molar-refractivity contribution in [3.63, 3.8) is 0 Å². The standard InChI is InChI=1S/C14H25N5O2/c1-10(2)12(5-8-20)16-14(21)13-9-19(18-17-13)11-3-6-15-7-4-11/h9-12,15,20H,3-8H2,1-2H3,(H,16,21). The molecule has 1 unspecified atom stereocenters. The van der Waals surface area contributed by atoms with Gasteiger partial charge in [0.2, 0.25) is 0 Å². The SMILES string of the molecule is CC(C)C(CCO)NC(=O)c1cn(C2CCNCC2)nn1. The van der Waals surface area contributed by atoms with Gasteiger partial charge in [-0.25, -0.2) is 4.68 Å². The van der Waals surface area contributed by atoms with E-state index >= 15 is 0 Å². The minimum absolute atomic E-state index is 0.0495. The van der Waals surface area contributed by atoms with Crippen LogP contribution in [0.1, 0.15) is 49.6 Å². The summed E-state index contributed by atoms with van der Waals surface area (Å²) in [4.78, 5) is 12.2. The summed E-state index contributed by atoms with van der Waals surface area (Å²) >= 11 is 0. The molecule has 0 bridgehead atoms. The Balaban J connectivity index is 1.97. The lowest BCUT2D eigenvalue weighted by molar-refractivity contribution is 0.0911. The third-order valence-electron chi connectivity index (χ3n) is 3.99. The molecule has 1 aromatic rings. The second kappa shape index (κ2) is 7.51. The van der Waals surface area contributed by atoms with E-state index < -0.39 is 0 Å². The van der Waals surface area contributed by atoms with Gasteiger partial charge in [-0.15, -0.1) is 5.10 Å². The number of aliphatic hydroxyl groups excluding tert-OH is 1. The number of carbonyl (C=O) groups is 1. The summed E-state index contributed by atoms with van der Waals surface area (Å²) in [6.45, 7) is 6.04. The number of hydrogen-bond donors (Lipinski definition) is 3. The van der Waals surface area contributed by atoms with Gasteiger partial charge in [0.15, 0.2) is 5.69 Å². The maximum atomic E-state index is 12.2. The molecule has 0 aliphatic carbocycles. The number of aromatic nitrogens is 3.